The maximum atomic E-state index is 9.82. The summed E-state index contributed by atoms with van der Waals surface area (Å²) in [5, 5.41) is 9.82. The number of aryl methyl sites for hydroxylation is 1. The van der Waals surface area contributed by atoms with E-state index in [0.29, 0.717) is 5.41 Å². The van der Waals surface area contributed by atoms with Crippen molar-refractivity contribution in [1.29, 1.82) is 0 Å². The van der Waals surface area contributed by atoms with E-state index in [0.717, 1.165) is 28.8 Å². The van der Waals surface area contributed by atoms with Crippen molar-refractivity contribution in [3.8, 4) is 0 Å². The molecule has 3 nitrogen and oxygen atoms in total. The summed E-state index contributed by atoms with van der Waals surface area (Å²) >= 11 is 0. The lowest BCUT2D eigenvalue weighted by atomic mass is 9.65. The summed E-state index contributed by atoms with van der Waals surface area (Å²) in [4.78, 5) is 7.45. The zero-order chi connectivity index (χ0) is 17.3. The van der Waals surface area contributed by atoms with Crippen LogP contribution in [0.2, 0.25) is 0 Å². The minimum Gasteiger partial charge on any atom is -0.386 e. The predicted molar refractivity (Wildman–Crippen MR) is 97.5 cm³/mol. The first-order valence-corrected chi connectivity index (χ1v) is 8.53. The molecule has 2 N–H and O–H groups in total. The van der Waals surface area contributed by atoms with E-state index in [1.165, 1.54) is 24.8 Å². The Morgan fingerprint density at radius 3 is 2.48 bits per heavy atom. The van der Waals surface area contributed by atoms with E-state index in [2.05, 4.69) is 30.4 Å². The Morgan fingerprint density at radius 2 is 2.04 bits per heavy atom. The van der Waals surface area contributed by atoms with Crippen LogP contribution in [-0.4, -0.2) is 15.1 Å². The molecule has 1 aliphatic rings. The zero-order valence-electron chi connectivity index (χ0n) is 15.2. The van der Waals surface area contributed by atoms with Gasteiger partial charge < -0.3 is 10.1 Å². The fourth-order valence-corrected chi connectivity index (χ4v) is 3.01. The van der Waals surface area contributed by atoms with Crippen LogP contribution in [0.25, 0.3) is 11.0 Å². The summed E-state index contributed by atoms with van der Waals surface area (Å²) in [7, 11) is 0. The molecule has 0 saturated heterocycles. The van der Waals surface area contributed by atoms with Crippen LogP contribution in [0.3, 0.4) is 0 Å². The van der Waals surface area contributed by atoms with Crippen LogP contribution >= 0.6 is 0 Å². The SMILES string of the molecule is C=C(CC)C1(C)CCC1.Cc1nc2ccc(C(C)(C)O)cc2[nH]1. The largest absolute Gasteiger partial charge is 0.386 e. The molecule has 0 amide bonds. The van der Waals surface area contributed by atoms with Crippen LogP contribution in [0.1, 0.15) is 64.8 Å². The molecule has 2 aromatic rings. The smallest absolute Gasteiger partial charge is 0.104 e. The highest BCUT2D eigenvalue weighted by Gasteiger charge is 2.33. The second-order valence-corrected chi connectivity index (χ2v) is 7.48. The third-order valence-electron chi connectivity index (χ3n) is 5.04. The molecule has 1 aromatic carbocycles. The Hall–Kier alpha value is -1.61. The van der Waals surface area contributed by atoms with Gasteiger partial charge in [-0.3, -0.25) is 0 Å². The van der Waals surface area contributed by atoms with Gasteiger partial charge in [-0.25, -0.2) is 4.98 Å². The van der Waals surface area contributed by atoms with Crippen molar-refractivity contribution < 1.29 is 5.11 Å². The number of nitrogens with zero attached hydrogens (tertiary/aromatic N) is 1. The molecule has 1 aliphatic carbocycles. The number of benzene rings is 1. The van der Waals surface area contributed by atoms with Gasteiger partial charge in [0.1, 0.15) is 5.82 Å². The van der Waals surface area contributed by atoms with Crippen LogP contribution < -0.4 is 0 Å². The summed E-state index contributed by atoms with van der Waals surface area (Å²) in [5.74, 6) is 0.896. The Kier molecular flexibility index (Phi) is 5.00. The van der Waals surface area contributed by atoms with Gasteiger partial charge in [-0.2, -0.15) is 0 Å². The van der Waals surface area contributed by atoms with Crippen molar-refractivity contribution in [2.24, 2.45) is 5.41 Å². The van der Waals surface area contributed by atoms with E-state index in [-0.39, 0.29) is 0 Å². The molecule has 0 radical (unpaired) electrons. The van der Waals surface area contributed by atoms with Crippen molar-refractivity contribution in [2.75, 3.05) is 0 Å². The molecular weight excluding hydrogens is 284 g/mol. The summed E-state index contributed by atoms with van der Waals surface area (Å²) in [5.41, 5.74) is 4.00. The first-order chi connectivity index (χ1) is 10.7. The van der Waals surface area contributed by atoms with Gasteiger partial charge in [0.05, 0.1) is 16.6 Å². The van der Waals surface area contributed by atoms with E-state index in [9.17, 15) is 5.11 Å². The number of aliphatic hydroxyl groups is 1. The van der Waals surface area contributed by atoms with E-state index in [4.69, 9.17) is 0 Å². The number of aromatic amines is 1. The van der Waals surface area contributed by atoms with Crippen molar-refractivity contribution in [2.45, 2.75) is 65.9 Å². The van der Waals surface area contributed by atoms with Crippen LogP contribution in [0.5, 0.6) is 0 Å². The van der Waals surface area contributed by atoms with Gasteiger partial charge in [0.15, 0.2) is 0 Å². The van der Waals surface area contributed by atoms with E-state index in [1.54, 1.807) is 13.8 Å². The van der Waals surface area contributed by atoms with Gasteiger partial charge >= 0.3 is 0 Å². The van der Waals surface area contributed by atoms with Gasteiger partial charge in [0.2, 0.25) is 0 Å². The number of rotatable bonds is 3. The third-order valence-corrected chi connectivity index (χ3v) is 5.04. The van der Waals surface area contributed by atoms with Crippen LogP contribution in [0, 0.1) is 12.3 Å². The summed E-state index contributed by atoms with van der Waals surface area (Å²) in [6.45, 7) is 14.1. The number of imidazole rings is 1. The highest BCUT2D eigenvalue weighted by Crippen LogP contribution is 2.46. The second kappa shape index (κ2) is 6.48. The molecule has 0 atom stereocenters. The van der Waals surface area contributed by atoms with Gasteiger partial charge in [0.25, 0.3) is 0 Å². The molecule has 23 heavy (non-hydrogen) atoms. The number of fused-ring (bicyclic) bond motifs is 1. The number of H-pyrrole nitrogens is 1. The quantitative estimate of drug-likeness (QED) is 0.761. The fourth-order valence-electron chi connectivity index (χ4n) is 3.01. The molecule has 126 valence electrons. The average molecular weight is 314 g/mol. The number of hydrogen-bond acceptors (Lipinski definition) is 2. The number of aromatic nitrogens is 2. The Labute approximate surface area is 139 Å². The average Bonchev–Trinajstić information content (AvgIpc) is 2.82. The van der Waals surface area contributed by atoms with Crippen LogP contribution in [-0.2, 0) is 5.60 Å². The minimum atomic E-state index is -0.798. The minimum absolute atomic E-state index is 0.536. The van der Waals surface area contributed by atoms with E-state index < -0.39 is 5.60 Å². The monoisotopic (exact) mass is 314 g/mol. The van der Waals surface area contributed by atoms with Gasteiger partial charge in [0, 0.05) is 0 Å². The maximum Gasteiger partial charge on any atom is 0.104 e. The first kappa shape index (κ1) is 17.7. The number of nitrogens with one attached hydrogen (secondary N) is 1. The topological polar surface area (TPSA) is 48.9 Å². The summed E-state index contributed by atoms with van der Waals surface area (Å²) in [6, 6.07) is 5.77. The lowest BCUT2D eigenvalue weighted by Crippen LogP contribution is -2.26. The van der Waals surface area contributed by atoms with Crippen molar-refractivity contribution in [1.82, 2.24) is 9.97 Å². The maximum absolute atomic E-state index is 9.82. The Bertz CT molecular complexity index is 687. The molecule has 3 heteroatoms. The van der Waals surface area contributed by atoms with Crippen molar-refractivity contribution in [3.63, 3.8) is 0 Å². The second-order valence-electron chi connectivity index (χ2n) is 7.48. The highest BCUT2D eigenvalue weighted by atomic mass is 16.3. The van der Waals surface area contributed by atoms with Gasteiger partial charge in [-0.05, 0) is 63.1 Å². The van der Waals surface area contributed by atoms with Crippen LogP contribution in [0.15, 0.2) is 30.4 Å². The molecule has 0 bridgehead atoms. The highest BCUT2D eigenvalue weighted by molar-refractivity contribution is 5.76. The molecule has 1 heterocycles. The standard InChI is InChI=1S/C11H14N2O.C9H16/c1-7-12-9-5-4-8(11(2,3)14)6-10(9)13-7;1-4-8(2)9(3)6-5-7-9/h4-6,14H,1-3H3,(H,12,13);2,4-7H2,1,3H3. The van der Waals surface area contributed by atoms with E-state index in [1.807, 2.05) is 25.1 Å². The van der Waals surface area contributed by atoms with E-state index >= 15 is 0 Å². The molecule has 1 saturated carbocycles. The summed E-state index contributed by atoms with van der Waals surface area (Å²) in [6.07, 6.45) is 5.32. The predicted octanol–water partition coefficient (Wildman–Crippen LogP) is 5.24. The number of hydrogen-bond donors (Lipinski definition) is 2. The molecule has 3 rings (SSSR count). The molecule has 0 spiro atoms. The van der Waals surface area contributed by atoms with Gasteiger partial charge in [-0.15, -0.1) is 0 Å². The lowest BCUT2D eigenvalue weighted by Gasteiger charge is -2.40. The normalized spacial score (nSPS) is 16.4. The third kappa shape index (κ3) is 4.03. The molecule has 1 fully saturated rings. The molecule has 0 unspecified atom stereocenters. The first-order valence-electron chi connectivity index (χ1n) is 8.53. The number of allylic oxidation sites excluding steroid dienone is 1. The van der Waals surface area contributed by atoms with Crippen LogP contribution in [0.4, 0.5) is 0 Å². The molecule has 0 aliphatic heterocycles. The summed E-state index contributed by atoms with van der Waals surface area (Å²) < 4.78 is 0. The zero-order valence-corrected chi connectivity index (χ0v) is 15.2. The fraction of sp³-hybridized carbons (Fsp3) is 0.550. The van der Waals surface area contributed by atoms with Crippen molar-refractivity contribution >= 4 is 11.0 Å². The molecule has 1 aromatic heterocycles. The van der Waals surface area contributed by atoms with Gasteiger partial charge in [-0.1, -0.05) is 38.5 Å². The Balaban J connectivity index is 0.000000185. The molecular formula is C20H30N2O. The lowest BCUT2D eigenvalue weighted by molar-refractivity contribution is 0.0787. The van der Waals surface area contributed by atoms with Crippen molar-refractivity contribution in [3.05, 3.63) is 41.7 Å². The Morgan fingerprint density at radius 1 is 1.39 bits per heavy atom.